The molecule has 0 aromatic heterocycles. The third-order valence-electron chi connectivity index (χ3n) is 7.71. The van der Waals surface area contributed by atoms with E-state index in [1.54, 1.807) is 41.5 Å². The number of halogens is 2. The number of nitrogens with one attached hydrogen (secondary N) is 2. The van der Waals surface area contributed by atoms with Crippen LogP contribution in [0.25, 0.3) is 11.1 Å². The van der Waals surface area contributed by atoms with E-state index in [4.69, 9.17) is 21.1 Å². The molecule has 0 atom stereocenters. The number of amides is 2. The van der Waals surface area contributed by atoms with E-state index in [1.165, 1.54) is 40.1 Å². The Labute approximate surface area is 287 Å². The number of rotatable bonds is 7. The molecule has 2 aromatic carbocycles. The lowest BCUT2D eigenvalue weighted by atomic mass is 10.1. The van der Waals surface area contributed by atoms with Crippen molar-refractivity contribution >= 4 is 43.8 Å². The Balaban J connectivity index is 1.57. The monoisotopic (exact) mass is 730 g/mol. The Morgan fingerprint density at radius 3 is 1.56 bits per heavy atom. The minimum Gasteiger partial charge on any atom is -0.444 e. The molecule has 0 unspecified atom stereocenters. The standard InChI is InChI=1S/C32H44ClFN4O8S2/c1-31(2,3)45-29(39)37-17-13-23(14-18-37)35-47(41,42)26-12-11-25(21-7-9-22(33)10-8-21)28(27(26)34)48(43,44)36-24-15-19-38(20-16-24)30(40)46-32(4,5)6/h7-12,23-24,35-36H,13-20H2,1-6H3. The van der Waals surface area contributed by atoms with Crippen LogP contribution < -0.4 is 9.44 Å². The van der Waals surface area contributed by atoms with E-state index < -0.39 is 71.1 Å². The fraction of sp³-hybridized carbons (Fsp3) is 0.562. The van der Waals surface area contributed by atoms with Gasteiger partial charge in [-0.2, -0.15) is 0 Å². The second-order valence-corrected chi connectivity index (χ2v) is 17.8. The molecule has 48 heavy (non-hydrogen) atoms. The molecular weight excluding hydrogens is 687 g/mol. The Kier molecular flexibility index (Phi) is 11.4. The SMILES string of the molecule is CC(C)(C)OC(=O)N1CCC(NS(=O)(=O)c2ccc(-c3ccc(Cl)cc3)c(S(=O)(=O)NC3CCN(C(=O)OC(C)(C)C)CC3)c2F)CC1. The molecule has 2 aliphatic rings. The second kappa shape index (κ2) is 14.5. The number of sulfonamides is 2. The maximum Gasteiger partial charge on any atom is 0.410 e. The van der Waals surface area contributed by atoms with Gasteiger partial charge < -0.3 is 19.3 Å². The molecule has 266 valence electrons. The summed E-state index contributed by atoms with van der Waals surface area (Å²) in [6.07, 6.45) is -0.0585. The van der Waals surface area contributed by atoms with Crippen molar-refractivity contribution in [3.05, 3.63) is 47.2 Å². The number of hydrogen-bond acceptors (Lipinski definition) is 8. The molecule has 2 N–H and O–H groups in total. The normalized spacial score (nSPS) is 17.3. The van der Waals surface area contributed by atoms with E-state index in [0.29, 0.717) is 10.6 Å². The average molecular weight is 731 g/mol. The lowest BCUT2D eigenvalue weighted by molar-refractivity contribution is 0.0192. The Bertz CT molecular complexity index is 1710. The van der Waals surface area contributed by atoms with Crippen molar-refractivity contribution in [1.29, 1.82) is 0 Å². The van der Waals surface area contributed by atoms with Gasteiger partial charge in [0, 0.05) is 48.8 Å². The Hall–Kier alpha value is -2.98. The number of carbonyl (C=O) groups is 2. The van der Waals surface area contributed by atoms with E-state index >= 15 is 4.39 Å². The summed E-state index contributed by atoms with van der Waals surface area (Å²) in [7, 11) is -9.18. The van der Waals surface area contributed by atoms with Crippen LogP contribution in [0.3, 0.4) is 0 Å². The van der Waals surface area contributed by atoms with Crippen LogP contribution in [0.15, 0.2) is 46.2 Å². The summed E-state index contributed by atoms with van der Waals surface area (Å²) in [4.78, 5) is 26.2. The summed E-state index contributed by atoms with van der Waals surface area (Å²) in [5.41, 5.74) is -1.12. The van der Waals surface area contributed by atoms with Gasteiger partial charge in [-0.1, -0.05) is 29.8 Å². The van der Waals surface area contributed by atoms with Crippen LogP contribution in [0.4, 0.5) is 14.0 Å². The molecule has 4 rings (SSSR count). The Morgan fingerprint density at radius 2 is 1.15 bits per heavy atom. The first-order chi connectivity index (χ1) is 22.1. The van der Waals surface area contributed by atoms with Crippen LogP contribution in [0.2, 0.25) is 5.02 Å². The molecule has 0 aliphatic carbocycles. The highest BCUT2D eigenvalue weighted by Gasteiger charge is 2.36. The lowest BCUT2D eigenvalue weighted by Crippen LogP contribution is -2.48. The molecule has 2 aliphatic heterocycles. The number of benzene rings is 2. The van der Waals surface area contributed by atoms with Crippen LogP contribution in [0.1, 0.15) is 67.2 Å². The zero-order valence-electron chi connectivity index (χ0n) is 28.0. The van der Waals surface area contributed by atoms with E-state index in [-0.39, 0.29) is 57.4 Å². The van der Waals surface area contributed by atoms with Gasteiger partial charge in [0.05, 0.1) is 0 Å². The molecule has 0 bridgehead atoms. The summed E-state index contributed by atoms with van der Waals surface area (Å²) in [6.45, 7) is 11.3. The molecule has 2 saturated heterocycles. The lowest BCUT2D eigenvalue weighted by Gasteiger charge is -2.34. The van der Waals surface area contributed by atoms with Gasteiger partial charge in [0.15, 0.2) is 5.82 Å². The van der Waals surface area contributed by atoms with Gasteiger partial charge in [-0.3, -0.25) is 0 Å². The summed E-state index contributed by atoms with van der Waals surface area (Å²) in [5.74, 6) is -1.43. The number of piperidine rings is 2. The largest absolute Gasteiger partial charge is 0.444 e. The van der Waals surface area contributed by atoms with E-state index in [1.807, 2.05) is 0 Å². The molecule has 12 nitrogen and oxygen atoms in total. The maximum absolute atomic E-state index is 16.4. The molecule has 0 spiro atoms. The topological polar surface area (TPSA) is 151 Å². The van der Waals surface area contributed by atoms with Gasteiger partial charge in [-0.05, 0) is 91.0 Å². The first-order valence-electron chi connectivity index (χ1n) is 15.7. The third kappa shape index (κ3) is 9.80. The van der Waals surface area contributed by atoms with Gasteiger partial charge in [-0.25, -0.2) is 40.3 Å². The van der Waals surface area contributed by atoms with Crippen LogP contribution >= 0.6 is 11.6 Å². The highest BCUT2D eigenvalue weighted by molar-refractivity contribution is 7.90. The first kappa shape index (κ1) is 37.8. The molecule has 2 heterocycles. The van der Waals surface area contributed by atoms with Crippen molar-refractivity contribution < 1.29 is 40.3 Å². The number of ether oxygens (including phenoxy) is 2. The predicted molar refractivity (Wildman–Crippen MR) is 179 cm³/mol. The minimum absolute atomic E-state index is 0.0486. The van der Waals surface area contributed by atoms with Gasteiger partial charge in [-0.15, -0.1) is 0 Å². The quantitative estimate of drug-likeness (QED) is 0.379. The van der Waals surface area contributed by atoms with Crippen molar-refractivity contribution in [1.82, 2.24) is 19.2 Å². The van der Waals surface area contributed by atoms with E-state index in [0.717, 1.165) is 6.07 Å². The minimum atomic E-state index is -4.64. The van der Waals surface area contributed by atoms with Crippen molar-refractivity contribution in [2.24, 2.45) is 0 Å². The third-order valence-corrected chi connectivity index (χ3v) is 11.1. The molecule has 2 amide bonds. The molecule has 2 fully saturated rings. The van der Waals surface area contributed by atoms with Gasteiger partial charge in [0.25, 0.3) is 0 Å². The molecular formula is C32H44ClFN4O8S2. The highest BCUT2D eigenvalue weighted by Crippen LogP contribution is 2.34. The smallest absolute Gasteiger partial charge is 0.410 e. The van der Waals surface area contributed by atoms with Crippen molar-refractivity contribution in [3.63, 3.8) is 0 Å². The van der Waals surface area contributed by atoms with E-state index in [2.05, 4.69) is 9.44 Å². The van der Waals surface area contributed by atoms with Gasteiger partial charge >= 0.3 is 12.2 Å². The summed E-state index contributed by atoms with van der Waals surface area (Å²) < 4.78 is 87.2. The van der Waals surface area contributed by atoms with Crippen molar-refractivity contribution in [3.8, 4) is 11.1 Å². The van der Waals surface area contributed by atoms with Crippen LogP contribution in [0, 0.1) is 5.82 Å². The molecule has 16 heteroatoms. The number of likely N-dealkylation sites (tertiary alicyclic amines) is 2. The highest BCUT2D eigenvalue weighted by atomic mass is 35.5. The van der Waals surface area contributed by atoms with Gasteiger partial charge in [0.1, 0.15) is 21.0 Å². The molecule has 0 radical (unpaired) electrons. The number of hydrogen-bond donors (Lipinski definition) is 2. The first-order valence-corrected chi connectivity index (χ1v) is 19.1. The fourth-order valence-electron chi connectivity index (χ4n) is 5.44. The zero-order chi connectivity index (χ0) is 35.7. The van der Waals surface area contributed by atoms with Gasteiger partial charge in [0.2, 0.25) is 20.0 Å². The maximum atomic E-state index is 16.4. The average Bonchev–Trinajstić information content (AvgIpc) is 2.95. The summed E-state index contributed by atoms with van der Waals surface area (Å²) in [6, 6.07) is 7.07. The fourth-order valence-corrected chi connectivity index (χ4v) is 8.63. The predicted octanol–water partition coefficient (Wildman–Crippen LogP) is 5.50. The van der Waals surface area contributed by atoms with Crippen LogP contribution in [-0.2, 0) is 29.5 Å². The molecule has 0 saturated carbocycles. The summed E-state index contributed by atoms with van der Waals surface area (Å²) in [5, 5.41) is 0.375. The van der Waals surface area contributed by atoms with Crippen molar-refractivity contribution in [2.75, 3.05) is 26.2 Å². The Morgan fingerprint density at radius 1 is 0.729 bits per heavy atom. The van der Waals surface area contributed by atoms with Crippen LogP contribution in [0.5, 0.6) is 0 Å². The second-order valence-electron chi connectivity index (χ2n) is 14.0. The zero-order valence-corrected chi connectivity index (χ0v) is 30.4. The number of carbonyl (C=O) groups excluding carboxylic acids is 2. The van der Waals surface area contributed by atoms with E-state index in [9.17, 15) is 26.4 Å². The number of nitrogens with zero attached hydrogens (tertiary/aromatic N) is 2. The van der Waals surface area contributed by atoms with Crippen molar-refractivity contribution in [2.45, 2.75) is 100 Å². The van der Waals surface area contributed by atoms with Crippen LogP contribution in [-0.4, -0.2) is 88.3 Å². The summed E-state index contributed by atoms with van der Waals surface area (Å²) >= 11 is 6.03. The molecule has 2 aromatic rings.